The average Bonchev–Trinajstić information content (AvgIpc) is 2.45. The summed E-state index contributed by atoms with van der Waals surface area (Å²) in [5, 5.41) is 15.7. The number of hydrogen-bond acceptors (Lipinski definition) is 3. The Bertz CT molecular complexity index is 329. The number of aliphatic hydroxyl groups is 1. The van der Waals surface area contributed by atoms with E-state index in [9.17, 15) is 0 Å². The molecule has 0 saturated heterocycles. The molecule has 0 spiro atoms. The van der Waals surface area contributed by atoms with E-state index in [0.29, 0.717) is 10.7 Å². The van der Waals surface area contributed by atoms with E-state index in [-0.39, 0.29) is 6.61 Å². The molecule has 2 N–H and O–H groups in total. The Balaban J connectivity index is 2.77. The van der Waals surface area contributed by atoms with Gasteiger partial charge in [0.15, 0.2) is 4.77 Å². The Morgan fingerprint density at radius 1 is 1.57 bits per heavy atom. The molecule has 5 heteroatoms. The van der Waals surface area contributed by atoms with Gasteiger partial charge in [0.2, 0.25) is 0 Å². The molecular weight excluding hydrogens is 198 g/mol. The highest BCUT2D eigenvalue weighted by Crippen LogP contribution is 2.05. The van der Waals surface area contributed by atoms with Crippen LogP contribution in [0.2, 0.25) is 0 Å². The zero-order valence-electron chi connectivity index (χ0n) is 8.66. The SMILES string of the molecule is CC(C)Cn1c(CCCO)n[nH]c1=S. The molecule has 1 rings (SSSR count). The van der Waals surface area contributed by atoms with Crippen LogP contribution in [0.3, 0.4) is 0 Å². The summed E-state index contributed by atoms with van der Waals surface area (Å²) in [6.07, 6.45) is 1.51. The minimum atomic E-state index is 0.196. The van der Waals surface area contributed by atoms with Crippen molar-refractivity contribution in [2.45, 2.75) is 33.2 Å². The number of H-pyrrole nitrogens is 1. The molecule has 0 fully saturated rings. The predicted molar refractivity (Wildman–Crippen MR) is 57.7 cm³/mol. The van der Waals surface area contributed by atoms with Crippen LogP contribution in [0, 0.1) is 10.7 Å². The van der Waals surface area contributed by atoms with Crippen LogP contribution in [0.4, 0.5) is 0 Å². The Morgan fingerprint density at radius 3 is 2.86 bits per heavy atom. The van der Waals surface area contributed by atoms with Crippen LogP contribution in [0.15, 0.2) is 0 Å². The molecule has 0 aliphatic carbocycles. The van der Waals surface area contributed by atoms with E-state index in [0.717, 1.165) is 25.2 Å². The maximum atomic E-state index is 8.73. The molecule has 14 heavy (non-hydrogen) atoms. The fourth-order valence-electron chi connectivity index (χ4n) is 1.33. The Kier molecular flexibility index (Phi) is 4.28. The van der Waals surface area contributed by atoms with Crippen LogP contribution in [0.25, 0.3) is 0 Å². The lowest BCUT2D eigenvalue weighted by atomic mass is 10.2. The number of nitrogens with one attached hydrogen (secondary N) is 1. The van der Waals surface area contributed by atoms with Gasteiger partial charge in [0.25, 0.3) is 0 Å². The summed E-state index contributed by atoms with van der Waals surface area (Å²) in [6.45, 7) is 5.37. The largest absolute Gasteiger partial charge is 0.396 e. The monoisotopic (exact) mass is 215 g/mol. The number of rotatable bonds is 5. The second kappa shape index (κ2) is 5.26. The minimum Gasteiger partial charge on any atom is -0.396 e. The van der Waals surface area contributed by atoms with Gasteiger partial charge in [-0.05, 0) is 24.6 Å². The van der Waals surface area contributed by atoms with Crippen LogP contribution in [-0.2, 0) is 13.0 Å². The van der Waals surface area contributed by atoms with Gasteiger partial charge in [-0.1, -0.05) is 13.8 Å². The molecule has 0 unspecified atom stereocenters. The third-order valence-electron chi connectivity index (χ3n) is 1.94. The number of nitrogens with zero attached hydrogens (tertiary/aromatic N) is 2. The molecule has 1 heterocycles. The third-order valence-corrected chi connectivity index (χ3v) is 2.26. The van der Waals surface area contributed by atoms with Crippen LogP contribution >= 0.6 is 12.2 Å². The first-order valence-electron chi connectivity index (χ1n) is 4.90. The normalized spacial score (nSPS) is 11.1. The lowest BCUT2D eigenvalue weighted by Crippen LogP contribution is -2.09. The topological polar surface area (TPSA) is 53.8 Å². The van der Waals surface area contributed by atoms with E-state index >= 15 is 0 Å². The quantitative estimate of drug-likeness (QED) is 0.732. The number of aromatic amines is 1. The Morgan fingerprint density at radius 2 is 2.29 bits per heavy atom. The maximum Gasteiger partial charge on any atom is 0.195 e. The van der Waals surface area contributed by atoms with Gasteiger partial charge >= 0.3 is 0 Å². The second-order valence-corrected chi connectivity index (χ2v) is 4.16. The van der Waals surface area contributed by atoms with Gasteiger partial charge in [-0.2, -0.15) is 5.10 Å². The molecule has 1 aromatic heterocycles. The maximum absolute atomic E-state index is 8.73. The van der Waals surface area contributed by atoms with Gasteiger partial charge in [-0.3, -0.25) is 5.10 Å². The van der Waals surface area contributed by atoms with E-state index in [1.54, 1.807) is 0 Å². The van der Waals surface area contributed by atoms with E-state index in [4.69, 9.17) is 17.3 Å². The average molecular weight is 215 g/mol. The third kappa shape index (κ3) is 2.92. The molecule has 0 aromatic carbocycles. The van der Waals surface area contributed by atoms with Crippen molar-refractivity contribution < 1.29 is 5.11 Å². The molecule has 80 valence electrons. The standard InChI is InChI=1S/C9H17N3OS/c1-7(2)6-12-8(4-3-5-13)10-11-9(12)14/h7,13H,3-6H2,1-2H3,(H,11,14). The smallest absolute Gasteiger partial charge is 0.195 e. The van der Waals surface area contributed by atoms with E-state index in [2.05, 4.69) is 24.0 Å². The van der Waals surface area contributed by atoms with Crippen LogP contribution < -0.4 is 0 Å². The molecule has 0 radical (unpaired) electrons. The van der Waals surface area contributed by atoms with Crippen LogP contribution in [-0.4, -0.2) is 26.5 Å². The highest BCUT2D eigenvalue weighted by Gasteiger charge is 2.06. The molecule has 0 aliphatic rings. The first-order chi connectivity index (χ1) is 6.65. The van der Waals surface area contributed by atoms with Gasteiger partial charge in [-0.15, -0.1) is 0 Å². The van der Waals surface area contributed by atoms with Crippen molar-refractivity contribution in [3.8, 4) is 0 Å². The molecule has 0 atom stereocenters. The summed E-state index contributed by atoms with van der Waals surface area (Å²) in [5.74, 6) is 1.49. The first kappa shape index (κ1) is 11.4. The molecule has 0 amide bonds. The zero-order valence-corrected chi connectivity index (χ0v) is 9.47. The van der Waals surface area contributed by atoms with Crippen LogP contribution in [0.1, 0.15) is 26.1 Å². The summed E-state index contributed by atoms with van der Waals surface area (Å²) in [6, 6.07) is 0. The second-order valence-electron chi connectivity index (χ2n) is 3.78. The summed E-state index contributed by atoms with van der Waals surface area (Å²) >= 11 is 5.12. The molecule has 0 saturated carbocycles. The highest BCUT2D eigenvalue weighted by molar-refractivity contribution is 7.71. The first-order valence-corrected chi connectivity index (χ1v) is 5.31. The highest BCUT2D eigenvalue weighted by atomic mass is 32.1. The van der Waals surface area contributed by atoms with Gasteiger partial charge < -0.3 is 9.67 Å². The molecular formula is C9H17N3OS. The van der Waals surface area contributed by atoms with Gasteiger partial charge in [-0.25, -0.2) is 0 Å². The predicted octanol–water partition coefficient (Wildman–Crippen LogP) is 1.52. The van der Waals surface area contributed by atoms with Crippen molar-refractivity contribution in [2.75, 3.05) is 6.61 Å². The number of aryl methyl sites for hydroxylation is 1. The molecule has 0 aliphatic heterocycles. The fraction of sp³-hybridized carbons (Fsp3) is 0.778. The van der Waals surface area contributed by atoms with Crippen LogP contribution in [0.5, 0.6) is 0 Å². The summed E-state index contributed by atoms with van der Waals surface area (Å²) < 4.78 is 2.68. The van der Waals surface area contributed by atoms with E-state index in [1.807, 2.05) is 4.57 Å². The van der Waals surface area contributed by atoms with Crippen molar-refractivity contribution in [1.82, 2.24) is 14.8 Å². The Hall–Kier alpha value is -0.680. The number of aromatic nitrogens is 3. The van der Waals surface area contributed by atoms with Crippen molar-refractivity contribution in [3.05, 3.63) is 10.6 Å². The lowest BCUT2D eigenvalue weighted by molar-refractivity contribution is 0.286. The molecule has 4 nitrogen and oxygen atoms in total. The molecule has 1 aromatic rings. The minimum absolute atomic E-state index is 0.196. The molecule has 0 bridgehead atoms. The Labute approximate surface area is 89.0 Å². The van der Waals surface area contributed by atoms with E-state index in [1.165, 1.54) is 0 Å². The lowest BCUT2D eigenvalue weighted by Gasteiger charge is -2.08. The zero-order chi connectivity index (χ0) is 10.6. The van der Waals surface area contributed by atoms with E-state index < -0.39 is 0 Å². The summed E-state index contributed by atoms with van der Waals surface area (Å²) in [7, 11) is 0. The fourth-order valence-corrected chi connectivity index (χ4v) is 1.56. The van der Waals surface area contributed by atoms with Crippen molar-refractivity contribution >= 4 is 12.2 Å². The van der Waals surface area contributed by atoms with Gasteiger partial charge in [0.05, 0.1) is 0 Å². The van der Waals surface area contributed by atoms with Crippen molar-refractivity contribution in [2.24, 2.45) is 5.92 Å². The summed E-state index contributed by atoms with van der Waals surface area (Å²) in [5.41, 5.74) is 0. The van der Waals surface area contributed by atoms with Crippen molar-refractivity contribution in [1.29, 1.82) is 0 Å². The number of aliphatic hydroxyl groups excluding tert-OH is 1. The van der Waals surface area contributed by atoms with Gasteiger partial charge in [0.1, 0.15) is 5.82 Å². The number of hydrogen-bond donors (Lipinski definition) is 2. The van der Waals surface area contributed by atoms with Gasteiger partial charge in [0, 0.05) is 19.6 Å². The summed E-state index contributed by atoms with van der Waals surface area (Å²) in [4.78, 5) is 0. The van der Waals surface area contributed by atoms with Crippen molar-refractivity contribution in [3.63, 3.8) is 0 Å².